The molecule has 4 heteroatoms. The Labute approximate surface area is 120 Å². The van der Waals surface area contributed by atoms with Gasteiger partial charge in [0.25, 0.3) is 0 Å². The number of guanidine groups is 1. The minimum Gasteiger partial charge on any atom is -0.357 e. The lowest BCUT2D eigenvalue weighted by atomic mass is 10.1. The van der Waals surface area contributed by atoms with Crippen LogP contribution in [0.15, 0.2) is 34.0 Å². The molecule has 1 rings (SSSR count). The van der Waals surface area contributed by atoms with Crippen LogP contribution in [-0.4, -0.2) is 25.6 Å². The predicted molar refractivity (Wildman–Crippen MR) is 86.1 cm³/mol. The average Bonchev–Trinajstić information content (AvgIpc) is 2.94. The van der Waals surface area contributed by atoms with Crippen LogP contribution in [-0.2, 0) is 0 Å². The molecule has 0 fully saturated rings. The molecule has 3 nitrogen and oxygen atoms in total. The van der Waals surface area contributed by atoms with Crippen LogP contribution >= 0.6 is 11.3 Å². The minimum atomic E-state index is 0.470. The van der Waals surface area contributed by atoms with Crippen molar-refractivity contribution in [2.24, 2.45) is 4.99 Å². The summed E-state index contributed by atoms with van der Waals surface area (Å²) < 4.78 is 0. The number of aliphatic imine (C=N–C) groups is 1. The first kappa shape index (κ1) is 15.8. The molecular formula is C15H25N3S. The number of hydrogen-bond donors (Lipinski definition) is 2. The molecule has 0 aliphatic carbocycles. The summed E-state index contributed by atoms with van der Waals surface area (Å²) in [7, 11) is 0. The third-order valence-electron chi connectivity index (χ3n) is 2.82. The van der Waals surface area contributed by atoms with Gasteiger partial charge in [-0.15, -0.1) is 0 Å². The van der Waals surface area contributed by atoms with E-state index in [1.165, 1.54) is 5.56 Å². The molecule has 1 aromatic rings. The maximum atomic E-state index is 4.64. The quantitative estimate of drug-likeness (QED) is 0.347. The van der Waals surface area contributed by atoms with Crippen LogP contribution in [0, 0.1) is 0 Å². The van der Waals surface area contributed by atoms with Crippen LogP contribution < -0.4 is 10.6 Å². The van der Waals surface area contributed by atoms with Gasteiger partial charge in [-0.1, -0.05) is 19.1 Å². The fourth-order valence-electron chi connectivity index (χ4n) is 1.67. The second-order valence-electron chi connectivity index (χ2n) is 4.46. The largest absolute Gasteiger partial charge is 0.357 e. The second-order valence-corrected chi connectivity index (χ2v) is 5.24. The Morgan fingerprint density at radius 3 is 2.95 bits per heavy atom. The van der Waals surface area contributed by atoms with Gasteiger partial charge in [0.05, 0.1) is 0 Å². The van der Waals surface area contributed by atoms with Crippen molar-refractivity contribution in [1.29, 1.82) is 0 Å². The molecule has 0 saturated heterocycles. The summed E-state index contributed by atoms with van der Waals surface area (Å²) in [6, 6.07) is 2.18. The molecule has 0 bridgehead atoms. The van der Waals surface area contributed by atoms with Crippen LogP contribution in [0.4, 0.5) is 0 Å². The average molecular weight is 279 g/mol. The molecule has 0 radical (unpaired) electrons. The second kappa shape index (κ2) is 9.62. The predicted octanol–water partition coefficient (Wildman–Crippen LogP) is 3.37. The maximum Gasteiger partial charge on any atom is 0.191 e. The Bertz CT molecular complexity index is 382. The van der Waals surface area contributed by atoms with Crippen molar-refractivity contribution in [3.8, 4) is 0 Å². The summed E-state index contributed by atoms with van der Waals surface area (Å²) >= 11 is 1.74. The zero-order chi connectivity index (χ0) is 13.9. The Morgan fingerprint density at radius 1 is 1.47 bits per heavy atom. The first-order valence-electron chi connectivity index (χ1n) is 6.93. The normalized spacial score (nSPS) is 13.7. The summed E-state index contributed by atoms with van der Waals surface area (Å²) in [5.41, 5.74) is 1.37. The van der Waals surface area contributed by atoms with Gasteiger partial charge in [-0.3, -0.25) is 4.99 Å². The third-order valence-corrected chi connectivity index (χ3v) is 3.52. The van der Waals surface area contributed by atoms with E-state index in [-0.39, 0.29) is 0 Å². The van der Waals surface area contributed by atoms with E-state index in [0.717, 1.165) is 32.0 Å². The van der Waals surface area contributed by atoms with Crippen molar-refractivity contribution < 1.29 is 0 Å². The summed E-state index contributed by atoms with van der Waals surface area (Å²) in [6.45, 7) is 8.98. The SMILES string of the molecule is C/C=C/CCNC(=NCC(C)c1ccsc1)NCC. The molecule has 1 aromatic heterocycles. The highest BCUT2D eigenvalue weighted by atomic mass is 32.1. The summed E-state index contributed by atoms with van der Waals surface area (Å²) in [6.07, 6.45) is 5.26. The van der Waals surface area contributed by atoms with Crippen LogP contribution in [0.1, 0.15) is 38.7 Å². The van der Waals surface area contributed by atoms with E-state index in [2.05, 4.69) is 58.5 Å². The molecule has 0 aliphatic heterocycles. The van der Waals surface area contributed by atoms with Gasteiger partial charge in [-0.05, 0) is 42.7 Å². The van der Waals surface area contributed by atoms with Gasteiger partial charge in [0.15, 0.2) is 5.96 Å². The molecule has 0 saturated carbocycles. The maximum absolute atomic E-state index is 4.64. The van der Waals surface area contributed by atoms with Crippen LogP contribution in [0.3, 0.4) is 0 Å². The van der Waals surface area contributed by atoms with Crippen molar-refractivity contribution in [1.82, 2.24) is 10.6 Å². The van der Waals surface area contributed by atoms with E-state index in [1.807, 2.05) is 6.92 Å². The highest BCUT2D eigenvalue weighted by Gasteiger charge is 2.05. The smallest absolute Gasteiger partial charge is 0.191 e. The Balaban J connectivity index is 2.43. The Morgan fingerprint density at radius 2 is 2.32 bits per heavy atom. The monoisotopic (exact) mass is 279 g/mol. The van der Waals surface area contributed by atoms with E-state index in [0.29, 0.717) is 5.92 Å². The van der Waals surface area contributed by atoms with Gasteiger partial charge < -0.3 is 10.6 Å². The fraction of sp³-hybridized carbons (Fsp3) is 0.533. The van der Waals surface area contributed by atoms with Gasteiger partial charge in [0.1, 0.15) is 0 Å². The van der Waals surface area contributed by atoms with E-state index < -0.39 is 0 Å². The number of rotatable bonds is 7. The lowest BCUT2D eigenvalue weighted by Crippen LogP contribution is -2.37. The molecular weight excluding hydrogens is 254 g/mol. The number of allylic oxidation sites excluding steroid dienone is 1. The Hall–Kier alpha value is -1.29. The molecule has 0 aromatic carbocycles. The highest BCUT2D eigenvalue weighted by Crippen LogP contribution is 2.18. The van der Waals surface area contributed by atoms with Crippen molar-refractivity contribution in [3.63, 3.8) is 0 Å². The molecule has 106 valence electrons. The number of nitrogens with one attached hydrogen (secondary N) is 2. The van der Waals surface area contributed by atoms with E-state index in [9.17, 15) is 0 Å². The van der Waals surface area contributed by atoms with E-state index in [4.69, 9.17) is 0 Å². The van der Waals surface area contributed by atoms with Gasteiger partial charge in [0.2, 0.25) is 0 Å². The lowest BCUT2D eigenvalue weighted by Gasteiger charge is -2.12. The van der Waals surface area contributed by atoms with Gasteiger partial charge in [0, 0.05) is 25.6 Å². The highest BCUT2D eigenvalue weighted by molar-refractivity contribution is 7.07. The van der Waals surface area contributed by atoms with Gasteiger partial charge in [-0.2, -0.15) is 11.3 Å². The zero-order valence-corrected chi connectivity index (χ0v) is 13.0. The molecule has 2 N–H and O–H groups in total. The zero-order valence-electron chi connectivity index (χ0n) is 12.1. The standard InChI is InChI=1S/C15H25N3S/c1-4-6-7-9-17-15(16-5-2)18-11-13(3)14-8-10-19-12-14/h4,6,8,10,12-13H,5,7,9,11H2,1-3H3,(H2,16,17,18)/b6-4+. The summed E-state index contributed by atoms with van der Waals surface area (Å²) in [5, 5.41) is 10.9. The first-order valence-corrected chi connectivity index (χ1v) is 7.87. The van der Waals surface area contributed by atoms with Crippen molar-refractivity contribution in [2.75, 3.05) is 19.6 Å². The molecule has 1 atom stereocenters. The van der Waals surface area contributed by atoms with Crippen molar-refractivity contribution in [3.05, 3.63) is 34.5 Å². The fourth-order valence-corrected chi connectivity index (χ4v) is 2.45. The van der Waals surface area contributed by atoms with Gasteiger partial charge >= 0.3 is 0 Å². The minimum absolute atomic E-state index is 0.470. The number of hydrogen-bond acceptors (Lipinski definition) is 2. The number of nitrogens with zero attached hydrogens (tertiary/aromatic N) is 1. The lowest BCUT2D eigenvalue weighted by molar-refractivity contribution is 0.750. The molecule has 0 aliphatic rings. The summed E-state index contributed by atoms with van der Waals surface area (Å²) in [4.78, 5) is 4.64. The van der Waals surface area contributed by atoms with Gasteiger partial charge in [-0.25, -0.2) is 0 Å². The van der Waals surface area contributed by atoms with Crippen molar-refractivity contribution in [2.45, 2.75) is 33.1 Å². The topological polar surface area (TPSA) is 36.4 Å². The van der Waals surface area contributed by atoms with Crippen LogP contribution in [0.5, 0.6) is 0 Å². The summed E-state index contributed by atoms with van der Waals surface area (Å²) in [5.74, 6) is 1.38. The Kier molecular flexibility index (Phi) is 7.98. The molecule has 0 spiro atoms. The van der Waals surface area contributed by atoms with Crippen molar-refractivity contribution >= 4 is 17.3 Å². The number of thiophene rings is 1. The van der Waals surface area contributed by atoms with Crippen LogP contribution in [0.2, 0.25) is 0 Å². The molecule has 1 unspecified atom stereocenters. The van der Waals surface area contributed by atoms with E-state index >= 15 is 0 Å². The molecule has 19 heavy (non-hydrogen) atoms. The van der Waals surface area contributed by atoms with Crippen LogP contribution in [0.25, 0.3) is 0 Å². The molecule has 0 amide bonds. The third kappa shape index (κ3) is 6.43. The molecule has 1 heterocycles. The first-order chi connectivity index (χ1) is 9.27. The van der Waals surface area contributed by atoms with E-state index in [1.54, 1.807) is 11.3 Å².